The van der Waals surface area contributed by atoms with Crippen LogP contribution in [0.3, 0.4) is 0 Å². The summed E-state index contributed by atoms with van der Waals surface area (Å²) in [6.07, 6.45) is 3.54. The minimum absolute atomic E-state index is 0.0890. The number of hydrogen-bond donors (Lipinski definition) is 0. The topological polar surface area (TPSA) is 34.5 Å². The van der Waals surface area contributed by atoms with Crippen molar-refractivity contribution in [1.29, 1.82) is 0 Å². The molecule has 0 saturated carbocycles. The molecular formula is C11H15ClN2OS2. The Morgan fingerprint density at radius 3 is 3.00 bits per heavy atom. The van der Waals surface area contributed by atoms with Gasteiger partial charge < -0.3 is 4.84 Å². The van der Waals surface area contributed by atoms with Crippen LogP contribution in [0.5, 0.6) is 0 Å². The maximum atomic E-state index is 5.59. The van der Waals surface area contributed by atoms with Gasteiger partial charge in [-0.3, -0.25) is 4.98 Å². The molecule has 0 fully saturated rings. The van der Waals surface area contributed by atoms with Crippen LogP contribution in [0, 0.1) is 6.92 Å². The Hall–Kier alpha value is -0.390. The highest BCUT2D eigenvalue weighted by Crippen LogP contribution is 2.26. The molecule has 3 nitrogen and oxygen atoms in total. The Labute approximate surface area is 115 Å². The summed E-state index contributed by atoms with van der Waals surface area (Å²) in [5.74, 6) is 0. The third-order valence-electron chi connectivity index (χ3n) is 1.79. The summed E-state index contributed by atoms with van der Waals surface area (Å²) >= 11 is 1.67. The Morgan fingerprint density at radius 1 is 1.59 bits per heavy atom. The van der Waals surface area contributed by atoms with Gasteiger partial charge in [-0.25, -0.2) is 0 Å². The van der Waals surface area contributed by atoms with Crippen molar-refractivity contribution < 1.29 is 4.84 Å². The third-order valence-corrected chi connectivity index (χ3v) is 4.15. The van der Waals surface area contributed by atoms with Crippen LogP contribution in [-0.4, -0.2) is 22.4 Å². The predicted molar refractivity (Wildman–Crippen MR) is 77.0 cm³/mol. The summed E-state index contributed by atoms with van der Waals surface area (Å²) in [6, 6.07) is 2.04. The molecular weight excluding hydrogens is 276 g/mol. The molecule has 0 aliphatic heterocycles. The number of rotatable bonds is 6. The van der Waals surface area contributed by atoms with E-state index in [2.05, 4.69) is 10.1 Å². The van der Waals surface area contributed by atoms with Gasteiger partial charge in [-0.15, -0.1) is 11.8 Å². The highest BCUT2D eigenvalue weighted by molar-refractivity contribution is 8.29. The fourth-order valence-electron chi connectivity index (χ4n) is 1.04. The molecule has 0 aliphatic carbocycles. The van der Waals surface area contributed by atoms with Gasteiger partial charge in [-0.05, 0) is 48.5 Å². The Bertz CT molecular complexity index is 386. The van der Waals surface area contributed by atoms with E-state index in [4.69, 9.17) is 15.5 Å². The number of aromatic nitrogens is 1. The lowest BCUT2D eigenvalue weighted by Crippen LogP contribution is -1.97. The van der Waals surface area contributed by atoms with Crippen LogP contribution in [0.2, 0.25) is 0 Å². The summed E-state index contributed by atoms with van der Waals surface area (Å²) in [5.41, 5.74) is 1.93. The molecule has 0 radical (unpaired) electrons. The molecule has 0 aromatic carbocycles. The third kappa shape index (κ3) is 5.66. The van der Waals surface area contributed by atoms with Crippen molar-refractivity contribution in [1.82, 2.24) is 4.98 Å². The molecule has 0 N–H and O–H groups in total. The van der Waals surface area contributed by atoms with Gasteiger partial charge in [0.15, 0.2) is 0 Å². The van der Waals surface area contributed by atoms with Crippen molar-refractivity contribution in [3.05, 3.63) is 23.5 Å². The molecule has 0 saturated heterocycles. The van der Waals surface area contributed by atoms with Crippen molar-refractivity contribution in [2.75, 3.05) is 5.08 Å². The summed E-state index contributed by atoms with van der Waals surface area (Å²) in [7, 11) is 6.87. The number of halogens is 1. The fraction of sp³-hybridized carbons (Fsp3) is 0.455. The van der Waals surface area contributed by atoms with Crippen molar-refractivity contribution >= 4 is 39.6 Å². The smallest absolute Gasteiger partial charge is 0.122 e. The van der Waals surface area contributed by atoms with Gasteiger partial charge in [0.25, 0.3) is 0 Å². The summed E-state index contributed by atoms with van der Waals surface area (Å²) in [5, 5.41) is 4.69. The predicted octanol–water partition coefficient (Wildman–Crippen LogP) is 4.09. The highest BCUT2D eigenvalue weighted by atomic mass is 35.7. The van der Waals surface area contributed by atoms with Crippen LogP contribution >= 0.6 is 33.4 Å². The minimum atomic E-state index is 0.0890. The largest absolute Gasteiger partial charge is 0.393 e. The van der Waals surface area contributed by atoms with Crippen molar-refractivity contribution in [3.8, 4) is 0 Å². The van der Waals surface area contributed by atoms with Crippen molar-refractivity contribution in [2.24, 2.45) is 5.16 Å². The summed E-state index contributed by atoms with van der Waals surface area (Å²) < 4.78 is 0. The normalized spacial score (nSPS) is 11.4. The molecule has 1 aromatic rings. The molecule has 0 unspecified atom stereocenters. The number of nitrogens with zero attached hydrogens (tertiary/aromatic N) is 2. The Morgan fingerprint density at radius 2 is 2.35 bits per heavy atom. The van der Waals surface area contributed by atoms with Crippen molar-refractivity contribution in [2.45, 2.75) is 31.8 Å². The quantitative estimate of drug-likeness (QED) is 0.342. The van der Waals surface area contributed by atoms with Gasteiger partial charge in [0.2, 0.25) is 0 Å². The monoisotopic (exact) mass is 290 g/mol. The molecule has 6 heteroatoms. The zero-order valence-electron chi connectivity index (χ0n) is 10.0. The maximum absolute atomic E-state index is 5.59. The van der Waals surface area contributed by atoms with E-state index in [1.54, 1.807) is 24.2 Å². The van der Waals surface area contributed by atoms with Crippen molar-refractivity contribution in [3.63, 3.8) is 0 Å². The van der Waals surface area contributed by atoms with E-state index < -0.39 is 0 Å². The molecule has 0 atom stereocenters. The first-order valence-electron chi connectivity index (χ1n) is 5.15. The van der Waals surface area contributed by atoms with Gasteiger partial charge in [0, 0.05) is 16.7 Å². The molecule has 1 heterocycles. The molecule has 1 aromatic heterocycles. The molecule has 0 spiro atoms. The molecule has 94 valence electrons. The lowest BCUT2D eigenvalue weighted by molar-refractivity contribution is 0.0873. The Balaban J connectivity index is 2.70. The number of oxime groups is 1. The standard InChI is InChI=1S/C11H15ClN2OS2/c1-8(2)15-14-6-10-4-11(16-7-17-12)9(3)13-5-10/h4-6,8H,7H2,1-3H3/b14-6+. The lowest BCUT2D eigenvalue weighted by atomic mass is 10.3. The van der Waals surface area contributed by atoms with Gasteiger partial charge in [0.05, 0.1) is 17.0 Å². The first kappa shape index (κ1) is 14.7. The van der Waals surface area contributed by atoms with E-state index in [1.807, 2.05) is 26.8 Å². The van der Waals surface area contributed by atoms with Crippen LogP contribution in [0.15, 0.2) is 22.3 Å². The molecule has 0 amide bonds. The van der Waals surface area contributed by atoms with Gasteiger partial charge in [0.1, 0.15) is 6.10 Å². The van der Waals surface area contributed by atoms with E-state index in [1.165, 1.54) is 11.0 Å². The molecule has 1 rings (SSSR count). The van der Waals surface area contributed by atoms with Crippen LogP contribution in [0.25, 0.3) is 0 Å². The van der Waals surface area contributed by atoms with E-state index in [-0.39, 0.29) is 6.10 Å². The second-order valence-electron chi connectivity index (χ2n) is 3.61. The van der Waals surface area contributed by atoms with Crippen LogP contribution in [0.4, 0.5) is 0 Å². The fourth-order valence-corrected chi connectivity index (χ4v) is 2.61. The second kappa shape index (κ2) is 7.84. The average molecular weight is 291 g/mol. The number of hydrogen-bond acceptors (Lipinski definition) is 5. The van der Waals surface area contributed by atoms with Crippen LogP contribution in [-0.2, 0) is 4.84 Å². The van der Waals surface area contributed by atoms with Crippen LogP contribution in [0.1, 0.15) is 25.1 Å². The number of thioether (sulfide) groups is 1. The Kier molecular flexibility index (Phi) is 6.77. The van der Waals surface area contributed by atoms with E-state index >= 15 is 0 Å². The minimum Gasteiger partial charge on any atom is -0.393 e. The van der Waals surface area contributed by atoms with Gasteiger partial charge in [-0.2, -0.15) is 0 Å². The first-order valence-corrected chi connectivity index (χ1v) is 7.95. The molecule has 0 aliphatic rings. The molecule has 17 heavy (non-hydrogen) atoms. The van der Waals surface area contributed by atoms with E-state index in [0.29, 0.717) is 0 Å². The number of aryl methyl sites for hydroxylation is 1. The number of pyridine rings is 1. The zero-order valence-corrected chi connectivity index (χ0v) is 12.4. The lowest BCUT2D eigenvalue weighted by Gasteiger charge is -2.04. The highest BCUT2D eigenvalue weighted by Gasteiger charge is 2.01. The second-order valence-corrected chi connectivity index (χ2v) is 6.16. The summed E-state index contributed by atoms with van der Waals surface area (Å²) in [6.45, 7) is 5.85. The maximum Gasteiger partial charge on any atom is 0.122 e. The SMILES string of the molecule is Cc1ncc(/C=N/OC(C)C)cc1SCSCl. The van der Waals surface area contributed by atoms with E-state index in [0.717, 1.165) is 21.2 Å². The summed E-state index contributed by atoms with van der Waals surface area (Å²) in [4.78, 5) is 10.5. The van der Waals surface area contributed by atoms with Crippen LogP contribution < -0.4 is 0 Å². The first-order chi connectivity index (χ1) is 8.13. The van der Waals surface area contributed by atoms with Gasteiger partial charge >= 0.3 is 0 Å². The zero-order chi connectivity index (χ0) is 12.7. The van der Waals surface area contributed by atoms with Gasteiger partial charge in [-0.1, -0.05) is 5.16 Å². The molecule has 0 bridgehead atoms. The van der Waals surface area contributed by atoms with E-state index in [9.17, 15) is 0 Å². The average Bonchev–Trinajstić information content (AvgIpc) is 2.29.